The van der Waals surface area contributed by atoms with E-state index in [9.17, 15) is 9.59 Å². The summed E-state index contributed by atoms with van der Waals surface area (Å²) >= 11 is 0. The molecule has 0 bridgehead atoms. The summed E-state index contributed by atoms with van der Waals surface area (Å²) in [5, 5.41) is 5.62. The van der Waals surface area contributed by atoms with Crippen molar-refractivity contribution in [2.75, 3.05) is 11.9 Å². The van der Waals surface area contributed by atoms with Gasteiger partial charge >= 0.3 is 11.7 Å². The molecule has 0 saturated carbocycles. The number of rotatable bonds is 6. The van der Waals surface area contributed by atoms with Gasteiger partial charge < -0.3 is 10.6 Å². The summed E-state index contributed by atoms with van der Waals surface area (Å²) in [5.74, 6) is 0. The van der Waals surface area contributed by atoms with Crippen molar-refractivity contribution in [1.29, 1.82) is 0 Å². The van der Waals surface area contributed by atoms with E-state index >= 15 is 0 Å². The topological polar surface area (TPSA) is 88.9 Å². The number of anilines is 1. The van der Waals surface area contributed by atoms with Crippen LogP contribution in [0.25, 0.3) is 0 Å². The highest BCUT2D eigenvalue weighted by molar-refractivity contribution is 5.89. The average molecular weight is 349 g/mol. The van der Waals surface area contributed by atoms with E-state index in [0.29, 0.717) is 25.2 Å². The van der Waals surface area contributed by atoms with Crippen molar-refractivity contribution >= 4 is 11.7 Å². The first-order valence-corrected chi connectivity index (χ1v) is 8.25. The third-order valence-electron chi connectivity index (χ3n) is 3.74. The van der Waals surface area contributed by atoms with Crippen molar-refractivity contribution in [3.05, 3.63) is 88.9 Å². The van der Waals surface area contributed by atoms with Crippen LogP contribution in [-0.4, -0.2) is 27.1 Å². The number of nitrogens with zero attached hydrogens (tertiary/aromatic N) is 3. The molecule has 2 N–H and O–H groups in total. The average Bonchev–Trinajstić information content (AvgIpc) is 2.65. The lowest BCUT2D eigenvalue weighted by molar-refractivity contribution is 0.252. The molecule has 132 valence electrons. The molecule has 3 aromatic rings. The van der Waals surface area contributed by atoms with Gasteiger partial charge in [-0.25, -0.2) is 14.6 Å². The minimum absolute atomic E-state index is 0.274. The first-order valence-electron chi connectivity index (χ1n) is 8.25. The van der Waals surface area contributed by atoms with Crippen LogP contribution in [0.3, 0.4) is 0 Å². The van der Waals surface area contributed by atoms with Gasteiger partial charge in [-0.3, -0.25) is 9.55 Å². The number of urea groups is 1. The lowest BCUT2D eigenvalue weighted by Crippen LogP contribution is -2.30. The third-order valence-corrected chi connectivity index (χ3v) is 3.74. The standard InChI is InChI=1S/C19H19N5O2/c25-18(21-10-7-15-5-2-8-20-13-15)23-17-6-1-4-16(12-17)14-24-11-3-9-22-19(24)26/h1-6,8-9,11-13H,7,10,14H2,(H2,21,23,25). The lowest BCUT2D eigenvalue weighted by atomic mass is 10.2. The first kappa shape index (κ1) is 17.3. The smallest absolute Gasteiger partial charge is 0.338 e. The molecule has 0 spiro atoms. The molecule has 3 rings (SSSR count). The largest absolute Gasteiger partial charge is 0.347 e. The van der Waals surface area contributed by atoms with Gasteiger partial charge in [-0.1, -0.05) is 18.2 Å². The zero-order valence-corrected chi connectivity index (χ0v) is 14.1. The summed E-state index contributed by atoms with van der Waals surface area (Å²) in [6.07, 6.45) is 7.36. The molecule has 7 heteroatoms. The molecule has 0 aliphatic heterocycles. The fourth-order valence-electron chi connectivity index (χ4n) is 2.49. The van der Waals surface area contributed by atoms with E-state index in [1.807, 2.05) is 30.3 Å². The Bertz CT molecular complexity index is 924. The van der Waals surface area contributed by atoms with Gasteiger partial charge in [0, 0.05) is 37.0 Å². The van der Waals surface area contributed by atoms with Gasteiger partial charge in [0.2, 0.25) is 0 Å². The Morgan fingerprint density at radius 1 is 1.08 bits per heavy atom. The zero-order chi connectivity index (χ0) is 18.2. The predicted molar refractivity (Wildman–Crippen MR) is 99.0 cm³/mol. The summed E-state index contributed by atoms with van der Waals surface area (Å²) < 4.78 is 1.51. The number of hydrogen-bond acceptors (Lipinski definition) is 4. The molecule has 2 aromatic heterocycles. The van der Waals surface area contributed by atoms with Crippen molar-refractivity contribution in [3.8, 4) is 0 Å². The van der Waals surface area contributed by atoms with E-state index in [0.717, 1.165) is 11.1 Å². The first-order chi connectivity index (χ1) is 12.7. The second-order valence-corrected chi connectivity index (χ2v) is 5.72. The van der Waals surface area contributed by atoms with Crippen LogP contribution < -0.4 is 16.3 Å². The van der Waals surface area contributed by atoms with Crippen LogP contribution in [0.5, 0.6) is 0 Å². The normalized spacial score (nSPS) is 10.3. The Balaban J connectivity index is 1.54. The Kier molecular flexibility index (Phi) is 5.72. The molecule has 7 nitrogen and oxygen atoms in total. The van der Waals surface area contributed by atoms with Crippen LogP contribution >= 0.6 is 0 Å². The molecule has 0 aliphatic rings. The molecular weight excluding hydrogens is 330 g/mol. The van der Waals surface area contributed by atoms with Crippen molar-refractivity contribution in [2.24, 2.45) is 0 Å². The molecule has 0 aliphatic carbocycles. The predicted octanol–water partition coefficient (Wildman–Crippen LogP) is 2.05. The quantitative estimate of drug-likeness (QED) is 0.713. The fraction of sp³-hybridized carbons (Fsp3) is 0.158. The number of carbonyl (C=O) groups is 1. The van der Waals surface area contributed by atoms with Crippen LogP contribution in [0.15, 0.2) is 72.0 Å². The van der Waals surface area contributed by atoms with Crippen molar-refractivity contribution < 1.29 is 4.79 Å². The van der Waals surface area contributed by atoms with Crippen molar-refractivity contribution in [3.63, 3.8) is 0 Å². The second kappa shape index (κ2) is 8.57. The maximum absolute atomic E-state index is 12.0. The second-order valence-electron chi connectivity index (χ2n) is 5.72. The molecular formula is C19H19N5O2. The number of amides is 2. The Morgan fingerprint density at radius 3 is 2.77 bits per heavy atom. The number of hydrogen-bond donors (Lipinski definition) is 2. The highest BCUT2D eigenvalue weighted by Crippen LogP contribution is 2.11. The van der Waals surface area contributed by atoms with Gasteiger partial charge in [-0.2, -0.15) is 0 Å². The van der Waals surface area contributed by atoms with Crippen molar-refractivity contribution in [1.82, 2.24) is 19.9 Å². The SMILES string of the molecule is O=C(NCCc1cccnc1)Nc1cccc(Cn2cccnc2=O)c1. The molecule has 0 atom stereocenters. The van der Waals surface area contributed by atoms with Crippen LogP contribution in [0, 0.1) is 0 Å². The number of nitrogens with one attached hydrogen (secondary N) is 2. The maximum Gasteiger partial charge on any atom is 0.347 e. The molecule has 0 saturated heterocycles. The lowest BCUT2D eigenvalue weighted by Gasteiger charge is -2.10. The van der Waals surface area contributed by atoms with Gasteiger partial charge in [0.05, 0.1) is 6.54 Å². The number of aromatic nitrogens is 3. The van der Waals surface area contributed by atoms with Crippen LogP contribution in [0.1, 0.15) is 11.1 Å². The monoisotopic (exact) mass is 349 g/mol. The molecule has 1 aromatic carbocycles. The van der Waals surface area contributed by atoms with Crippen molar-refractivity contribution in [2.45, 2.75) is 13.0 Å². The molecule has 0 fully saturated rings. The summed E-state index contributed by atoms with van der Waals surface area (Å²) in [6.45, 7) is 0.910. The van der Waals surface area contributed by atoms with E-state index in [2.05, 4.69) is 20.6 Å². The third kappa shape index (κ3) is 5.01. The fourth-order valence-corrected chi connectivity index (χ4v) is 2.49. The van der Waals surface area contributed by atoms with E-state index < -0.39 is 0 Å². The van der Waals surface area contributed by atoms with Crippen LogP contribution in [0.4, 0.5) is 10.5 Å². The zero-order valence-electron chi connectivity index (χ0n) is 14.1. The van der Waals surface area contributed by atoms with E-state index in [1.165, 1.54) is 10.8 Å². The summed E-state index contributed by atoms with van der Waals surface area (Å²) in [5.41, 5.74) is 2.32. The molecule has 0 unspecified atom stereocenters. The number of carbonyl (C=O) groups excluding carboxylic acids is 1. The van der Waals surface area contributed by atoms with Gasteiger partial charge in [0.15, 0.2) is 0 Å². The Labute approximate surface area is 150 Å². The highest BCUT2D eigenvalue weighted by Gasteiger charge is 2.04. The van der Waals surface area contributed by atoms with Gasteiger partial charge in [-0.15, -0.1) is 0 Å². The van der Waals surface area contributed by atoms with E-state index in [-0.39, 0.29) is 11.7 Å². The Hall–Kier alpha value is -3.48. The number of benzene rings is 1. The summed E-state index contributed by atoms with van der Waals surface area (Å²) in [4.78, 5) is 31.5. The highest BCUT2D eigenvalue weighted by atomic mass is 16.2. The van der Waals surface area contributed by atoms with E-state index in [1.54, 1.807) is 30.7 Å². The maximum atomic E-state index is 12.0. The van der Waals surface area contributed by atoms with E-state index in [4.69, 9.17) is 0 Å². The molecule has 0 radical (unpaired) electrons. The van der Waals surface area contributed by atoms with Gasteiger partial charge in [0.25, 0.3) is 0 Å². The van der Waals surface area contributed by atoms with Crippen LogP contribution in [0.2, 0.25) is 0 Å². The van der Waals surface area contributed by atoms with Crippen LogP contribution in [-0.2, 0) is 13.0 Å². The molecule has 2 heterocycles. The Morgan fingerprint density at radius 2 is 1.96 bits per heavy atom. The van der Waals surface area contributed by atoms with Gasteiger partial charge in [-0.05, 0) is 41.8 Å². The minimum atomic E-state index is -0.306. The number of pyridine rings is 1. The molecule has 2 amide bonds. The molecule has 26 heavy (non-hydrogen) atoms. The van der Waals surface area contributed by atoms with Gasteiger partial charge in [0.1, 0.15) is 0 Å². The summed E-state index contributed by atoms with van der Waals surface area (Å²) in [7, 11) is 0. The minimum Gasteiger partial charge on any atom is -0.338 e. The summed E-state index contributed by atoms with van der Waals surface area (Å²) in [6, 6.07) is 12.6.